The zero-order chi connectivity index (χ0) is 12.0. The van der Waals surface area contributed by atoms with Crippen molar-refractivity contribution in [3.63, 3.8) is 0 Å². The van der Waals surface area contributed by atoms with Gasteiger partial charge in [0.1, 0.15) is 0 Å². The number of amides is 1. The first-order valence-electron chi connectivity index (χ1n) is 5.40. The molecule has 3 nitrogen and oxygen atoms in total. The van der Waals surface area contributed by atoms with Crippen LogP contribution >= 0.6 is 0 Å². The normalized spacial score (nSPS) is 9.81. The van der Waals surface area contributed by atoms with Gasteiger partial charge >= 0.3 is 0 Å². The smallest absolute Gasteiger partial charge is 0.224 e. The lowest BCUT2D eigenvalue weighted by molar-refractivity contribution is -0.116. The Balaban J connectivity index is 2.55. The van der Waals surface area contributed by atoms with Crippen LogP contribution in [-0.2, 0) is 4.79 Å². The third kappa shape index (κ3) is 3.77. The predicted octanol–water partition coefficient (Wildman–Crippen LogP) is 2.87. The summed E-state index contributed by atoms with van der Waals surface area (Å²) >= 11 is 0. The molecule has 0 saturated carbocycles. The zero-order valence-electron chi connectivity index (χ0n) is 9.62. The maximum Gasteiger partial charge on any atom is 0.224 e. The maximum absolute atomic E-state index is 11.6. The van der Waals surface area contributed by atoms with Gasteiger partial charge in [-0.05, 0) is 37.5 Å². The minimum Gasteiger partial charge on any atom is -0.399 e. The van der Waals surface area contributed by atoms with Gasteiger partial charge < -0.3 is 11.1 Å². The Kier molecular flexibility index (Phi) is 4.58. The third-order valence-corrected chi connectivity index (χ3v) is 2.35. The van der Waals surface area contributed by atoms with Crippen molar-refractivity contribution < 1.29 is 4.79 Å². The number of benzene rings is 1. The molecule has 1 amide bonds. The van der Waals surface area contributed by atoms with E-state index in [0.29, 0.717) is 12.1 Å². The second-order valence-corrected chi connectivity index (χ2v) is 3.80. The molecule has 1 aromatic rings. The Morgan fingerprint density at radius 2 is 2.31 bits per heavy atom. The van der Waals surface area contributed by atoms with Gasteiger partial charge in [-0.15, -0.1) is 6.58 Å². The molecule has 0 aliphatic heterocycles. The molecule has 86 valence electrons. The van der Waals surface area contributed by atoms with E-state index in [0.717, 1.165) is 24.1 Å². The van der Waals surface area contributed by atoms with Gasteiger partial charge in [0.25, 0.3) is 0 Å². The summed E-state index contributed by atoms with van der Waals surface area (Å²) in [7, 11) is 0. The maximum atomic E-state index is 11.6. The molecule has 0 saturated heterocycles. The number of aryl methyl sites for hydroxylation is 1. The van der Waals surface area contributed by atoms with Crippen LogP contribution in [0.25, 0.3) is 0 Å². The number of allylic oxidation sites excluding steroid dienone is 1. The highest BCUT2D eigenvalue weighted by Crippen LogP contribution is 2.18. The molecular weight excluding hydrogens is 200 g/mol. The van der Waals surface area contributed by atoms with Gasteiger partial charge in [-0.3, -0.25) is 4.79 Å². The topological polar surface area (TPSA) is 55.1 Å². The van der Waals surface area contributed by atoms with E-state index < -0.39 is 0 Å². The minimum atomic E-state index is 0.0237. The van der Waals surface area contributed by atoms with E-state index in [2.05, 4.69) is 11.9 Å². The second kappa shape index (κ2) is 5.95. The predicted molar refractivity (Wildman–Crippen MR) is 68.3 cm³/mol. The fourth-order valence-corrected chi connectivity index (χ4v) is 1.39. The van der Waals surface area contributed by atoms with Crippen molar-refractivity contribution in [3.8, 4) is 0 Å². The van der Waals surface area contributed by atoms with Crippen LogP contribution in [0, 0.1) is 6.92 Å². The highest BCUT2D eigenvalue weighted by Gasteiger charge is 2.04. The molecule has 0 fully saturated rings. The standard InChI is InChI=1S/C13H18N2O/c1-3-4-5-6-13(16)15-12-9-11(14)8-7-10(12)2/h3,7-9H,1,4-6,14H2,2H3,(H,15,16). The van der Waals surface area contributed by atoms with Gasteiger partial charge in [-0.2, -0.15) is 0 Å². The molecule has 0 spiro atoms. The number of carbonyl (C=O) groups is 1. The van der Waals surface area contributed by atoms with Crippen molar-refractivity contribution >= 4 is 17.3 Å². The Morgan fingerprint density at radius 1 is 1.56 bits per heavy atom. The number of rotatable bonds is 5. The van der Waals surface area contributed by atoms with Gasteiger partial charge in [0.05, 0.1) is 0 Å². The quantitative estimate of drug-likeness (QED) is 0.453. The Bertz CT molecular complexity index is 386. The fourth-order valence-electron chi connectivity index (χ4n) is 1.39. The Morgan fingerprint density at radius 3 is 3.00 bits per heavy atom. The van der Waals surface area contributed by atoms with Crippen LogP contribution in [0.5, 0.6) is 0 Å². The SMILES string of the molecule is C=CCCCC(=O)Nc1cc(N)ccc1C. The number of nitrogen functional groups attached to an aromatic ring is 1. The van der Waals surface area contributed by atoms with Crippen LogP contribution in [0.4, 0.5) is 11.4 Å². The van der Waals surface area contributed by atoms with Crippen molar-refractivity contribution in [1.82, 2.24) is 0 Å². The summed E-state index contributed by atoms with van der Waals surface area (Å²) < 4.78 is 0. The molecule has 1 rings (SSSR count). The molecule has 0 atom stereocenters. The van der Waals surface area contributed by atoms with Crippen LogP contribution in [0.15, 0.2) is 30.9 Å². The highest BCUT2D eigenvalue weighted by molar-refractivity contribution is 5.91. The molecule has 0 unspecified atom stereocenters. The summed E-state index contributed by atoms with van der Waals surface area (Å²) in [6.07, 6.45) is 4.03. The molecule has 0 heterocycles. The number of carbonyl (C=O) groups excluding carboxylic acids is 1. The molecule has 16 heavy (non-hydrogen) atoms. The van der Waals surface area contributed by atoms with Crippen molar-refractivity contribution in [2.75, 3.05) is 11.1 Å². The van der Waals surface area contributed by atoms with Gasteiger partial charge in [-0.1, -0.05) is 12.1 Å². The third-order valence-electron chi connectivity index (χ3n) is 2.35. The molecule has 0 aromatic heterocycles. The molecule has 3 N–H and O–H groups in total. The van der Waals surface area contributed by atoms with Crippen LogP contribution in [0.1, 0.15) is 24.8 Å². The lowest BCUT2D eigenvalue weighted by atomic mass is 10.1. The Hall–Kier alpha value is -1.77. The molecular formula is C13H18N2O. The molecule has 0 aliphatic rings. The molecule has 3 heteroatoms. The lowest BCUT2D eigenvalue weighted by Crippen LogP contribution is -2.12. The van der Waals surface area contributed by atoms with Gasteiger partial charge in [0.15, 0.2) is 0 Å². The van der Waals surface area contributed by atoms with E-state index in [1.54, 1.807) is 6.07 Å². The second-order valence-electron chi connectivity index (χ2n) is 3.80. The number of nitrogens with one attached hydrogen (secondary N) is 1. The monoisotopic (exact) mass is 218 g/mol. The molecule has 0 radical (unpaired) electrons. The van der Waals surface area contributed by atoms with E-state index in [1.165, 1.54) is 0 Å². The lowest BCUT2D eigenvalue weighted by Gasteiger charge is -2.08. The van der Waals surface area contributed by atoms with E-state index in [9.17, 15) is 4.79 Å². The molecule has 1 aromatic carbocycles. The highest BCUT2D eigenvalue weighted by atomic mass is 16.1. The van der Waals surface area contributed by atoms with E-state index in [4.69, 9.17) is 5.73 Å². The summed E-state index contributed by atoms with van der Waals surface area (Å²) in [6, 6.07) is 5.50. The number of hydrogen-bond acceptors (Lipinski definition) is 2. The van der Waals surface area contributed by atoms with Gasteiger partial charge in [0.2, 0.25) is 5.91 Å². The zero-order valence-corrected chi connectivity index (χ0v) is 9.62. The largest absolute Gasteiger partial charge is 0.399 e. The Labute approximate surface area is 96.3 Å². The van der Waals surface area contributed by atoms with Gasteiger partial charge in [0, 0.05) is 17.8 Å². The first kappa shape index (κ1) is 12.3. The van der Waals surface area contributed by atoms with Crippen LogP contribution < -0.4 is 11.1 Å². The summed E-state index contributed by atoms with van der Waals surface area (Å²) in [5, 5.41) is 2.86. The summed E-state index contributed by atoms with van der Waals surface area (Å²) in [4.78, 5) is 11.6. The summed E-state index contributed by atoms with van der Waals surface area (Å²) in [5.74, 6) is 0.0237. The van der Waals surface area contributed by atoms with Crippen molar-refractivity contribution in [2.24, 2.45) is 0 Å². The number of unbranched alkanes of at least 4 members (excludes halogenated alkanes) is 1. The van der Waals surface area contributed by atoms with Crippen molar-refractivity contribution in [3.05, 3.63) is 36.4 Å². The summed E-state index contributed by atoms with van der Waals surface area (Å²) in [6.45, 7) is 5.56. The van der Waals surface area contributed by atoms with Gasteiger partial charge in [-0.25, -0.2) is 0 Å². The van der Waals surface area contributed by atoms with Crippen LogP contribution in [0.3, 0.4) is 0 Å². The minimum absolute atomic E-state index is 0.0237. The molecule has 0 aliphatic carbocycles. The van der Waals surface area contributed by atoms with Crippen molar-refractivity contribution in [2.45, 2.75) is 26.2 Å². The van der Waals surface area contributed by atoms with Crippen LogP contribution in [0.2, 0.25) is 0 Å². The number of anilines is 2. The molecule has 0 bridgehead atoms. The van der Waals surface area contributed by atoms with Crippen LogP contribution in [-0.4, -0.2) is 5.91 Å². The first-order valence-corrected chi connectivity index (χ1v) is 5.40. The van der Waals surface area contributed by atoms with E-state index in [-0.39, 0.29) is 5.91 Å². The van der Waals surface area contributed by atoms with E-state index in [1.807, 2.05) is 25.1 Å². The number of hydrogen-bond donors (Lipinski definition) is 2. The fraction of sp³-hybridized carbons (Fsp3) is 0.308. The summed E-state index contributed by atoms with van der Waals surface area (Å²) in [5.41, 5.74) is 8.13. The van der Waals surface area contributed by atoms with Crippen molar-refractivity contribution in [1.29, 1.82) is 0 Å². The van der Waals surface area contributed by atoms with E-state index >= 15 is 0 Å². The average Bonchev–Trinajstić information content (AvgIpc) is 2.24. The first-order chi connectivity index (χ1) is 7.63. The number of nitrogens with two attached hydrogens (primary N) is 1. The average molecular weight is 218 g/mol.